The monoisotopic (exact) mass is 305 g/mol. The van der Waals surface area contributed by atoms with Crippen molar-refractivity contribution >= 4 is 5.91 Å². The number of rotatable bonds is 7. The van der Waals surface area contributed by atoms with Crippen molar-refractivity contribution in [1.82, 2.24) is 9.80 Å². The van der Waals surface area contributed by atoms with Gasteiger partial charge < -0.3 is 15.7 Å². The molecular weight excluding hydrogens is 278 g/mol. The minimum absolute atomic E-state index is 0.272. The van der Waals surface area contributed by atoms with E-state index >= 15 is 0 Å². The zero-order chi connectivity index (χ0) is 15.9. The van der Waals surface area contributed by atoms with E-state index in [1.54, 1.807) is 0 Å². The normalized spacial score (nSPS) is 18.5. The third kappa shape index (κ3) is 5.40. The number of likely N-dealkylation sites (N-methyl/N-ethyl adjacent to an activating group) is 1. The van der Waals surface area contributed by atoms with Crippen LogP contribution < -0.4 is 5.73 Å². The third-order valence-electron chi connectivity index (χ3n) is 4.32. The Labute approximate surface area is 132 Å². The SMILES string of the molecule is CN(CC(N)=O)CC1CCN(C[C@@H](O)c2ccccc2)CC1. The molecule has 122 valence electrons. The van der Waals surface area contributed by atoms with Crippen molar-refractivity contribution in [1.29, 1.82) is 0 Å². The molecule has 5 heteroatoms. The van der Waals surface area contributed by atoms with E-state index in [9.17, 15) is 9.90 Å². The minimum Gasteiger partial charge on any atom is -0.387 e. The van der Waals surface area contributed by atoms with Crippen molar-refractivity contribution in [2.24, 2.45) is 11.7 Å². The van der Waals surface area contributed by atoms with Gasteiger partial charge >= 0.3 is 0 Å². The lowest BCUT2D eigenvalue weighted by molar-refractivity contribution is -0.119. The molecule has 0 bridgehead atoms. The van der Waals surface area contributed by atoms with Crippen molar-refractivity contribution in [2.45, 2.75) is 18.9 Å². The van der Waals surface area contributed by atoms with E-state index < -0.39 is 6.10 Å². The summed E-state index contributed by atoms with van der Waals surface area (Å²) in [5.41, 5.74) is 6.19. The van der Waals surface area contributed by atoms with Gasteiger partial charge in [0.15, 0.2) is 0 Å². The van der Waals surface area contributed by atoms with Gasteiger partial charge in [0.2, 0.25) is 5.91 Å². The maximum Gasteiger partial charge on any atom is 0.231 e. The molecule has 1 aromatic rings. The maximum absolute atomic E-state index is 10.9. The van der Waals surface area contributed by atoms with Crippen LogP contribution in [0.2, 0.25) is 0 Å². The molecule has 0 radical (unpaired) electrons. The second-order valence-corrected chi connectivity index (χ2v) is 6.33. The number of likely N-dealkylation sites (tertiary alicyclic amines) is 1. The fourth-order valence-corrected chi connectivity index (χ4v) is 3.15. The van der Waals surface area contributed by atoms with Crippen LogP contribution in [-0.2, 0) is 4.79 Å². The molecule has 1 saturated heterocycles. The van der Waals surface area contributed by atoms with Crippen LogP contribution >= 0.6 is 0 Å². The van der Waals surface area contributed by atoms with Crippen LogP contribution in [0, 0.1) is 5.92 Å². The Balaban J connectivity index is 1.72. The molecule has 1 atom stereocenters. The molecule has 1 aliphatic heterocycles. The lowest BCUT2D eigenvalue weighted by Crippen LogP contribution is -2.41. The summed E-state index contributed by atoms with van der Waals surface area (Å²) < 4.78 is 0. The number of amides is 1. The smallest absolute Gasteiger partial charge is 0.231 e. The van der Waals surface area contributed by atoms with Crippen LogP contribution in [0.15, 0.2) is 30.3 Å². The highest BCUT2D eigenvalue weighted by molar-refractivity contribution is 5.75. The van der Waals surface area contributed by atoms with Crippen LogP contribution in [-0.4, -0.2) is 60.6 Å². The van der Waals surface area contributed by atoms with E-state index in [4.69, 9.17) is 5.73 Å². The number of benzene rings is 1. The van der Waals surface area contributed by atoms with Gasteiger partial charge in [-0.3, -0.25) is 9.69 Å². The average Bonchev–Trinajstić information content (AvgIpc) is 2.49. The van der Waals surface area contributed by atoms with Gasteiger partial charge in [-0.25, -0.2) is 0 Å². The number of aliphatic hydroxyl groups is 1. The molecule has 1 amide bonds. The lowest BCUT2D eigenvalue weighted by Gasteiger charge is -2.34. The average molecular weight is 305 g/mol. The van der Waals surface area contributed by atoms with Crippen LogP contribution in [0.3, 0.4) is 0 Å². The first-order chi connectivity index (χ1) is 10.5. The van der Waals surface area contributed by atoms with Crippen molar-refractivity contribution in [3.63, 3.8) is 0 Å². The lowest BCUT2D eigenvalue weighted by atomic mass is 9.95. The highest BCUT2D eigenvalue weighted by Crippen LogP contribution is 2.21. The molecule has 3 N–H and O–H groups in total. The highest BCUT2D eigenvalue weighted by Gasteiger charge is 2.22. The molecule has 0 saturated carbocycles. The van der Waals surface area contributed by atoms with Gasteiger partial charge in [0.1, 0.15) is 0 Å². The second-order valence-electron chi connectivity index (χ2n) is 6.33. The molecule has 1 fully saturated rings. The van der Waals surface area contributed by atoms with Gasteiger partial charge in [-0.1, -0.05) is 30.3 Å². The Hall–Kier alpha value is -1.43. The summed E-state index contributed by atoms with van der Waals surface area (Å²) in [5, 5.41) is 10.3. The summed E-state index contributed by atoms with van der Waals surface area (Å²) >= 11 is 0. The first-order valence-electron chi connectivity index (χ1n) is 7.97. The first-order valence-corrected chi connectivity index (χ1v) is 7.97. The van der Waals surface area contributed by atoms with E-state index in [1.807, 2.05) is 42.3 Å². The maximum atomic E-state index is 10.9. The molecule has 0 unspecified atom stereocenters. The minimum atomic E-state index is -0.421. The van der Waals surface area contributed by atoms with Crippen LogP contribution in [0.1, 0.15) is 24.5 Å². The molecule has 1 aromatic carbocycles. The van der Waals surface area contributed by atoms with Crippen molar-refractivity contribution < 1.29 is 9.90 Å². The number of primary amides is 1. The number of hydrogen-bond donors (Lipinski definition) is 2. The molecule has 1 heterocycles. The summed E-state index contributed by atoms with van der Waals surface area (Å²) in [6.07, 6.45) is 1.78. The molecule has 22 heavy (non-hydrogen) atoms. The third-order valence-corrected chi connectivity index (χ3v) is 4.32. The quantitative estimate of drug-likeness (QED) is 0.783. The van der Waals surface area contributed by atoms with Crippen LogP contribution in [0.5, 0.6) is 0 Å². The van der Waals surface area contributed by atoms with Crippen molar-refractivity contribution in [2.75, 3.05) is 39.8 Å². The van der Waals surface area contributed by atoms with E-state index in [0.29, 0.717) is 19.0 Å². The summed E-state index contributed by atoms with van der Waals surface area (Å²) in [6, 6.07) is 9.81. The van der Waals surface area contributed by atoms with E-state index in [1.165, 1.54) is 0 Å². The molecule has 0 aromatic heterocycles. The zero-order valence-corrected chi connectivity index (χ0v) is 13.3. The Morgan fingerprint density at radius 1 is 1.36 bits per heavy atom. The van der Waals surface area contributed by atoms with E-state index in [2.05, 4.69) is 4.90 Å². The summed E-state index contributed by atoms with van der Waals surface area (Å²) in [7, 11) is 1.94. The van der Waals surface area contributed by atoms with Gasteiger partial charge in [-0.2, -0.15) is 0 Å². The fourth-order valence-electron chi connectivity index (χ4n) is 3.15. The Morgan fingerprint density at radius 2 is 2.00 bits per heavy atom. The summed E-state index contributed by atoms with van der Waals surface area (Å²) in [5.74, 6) is 0.334. The van der Waals surface area contributed by atoms with Gasteiger partial charge in [0.05, 0.1) is 12.6 Å². The Kier molecular flexibility index (Phi) is 6.36. The zero-order valence-electron chi connectivity index (χ0n) is 13.3. The molecule has 0 spiro atoms. The molecule has 0 aliphatic carbocycles. The van der Waals surface area contributed by atoms with Gasteiger partial charge in [0, 0.05) is 13.1 Å². The number of carbonyl (C=O) groups excluding carboxylic acids is 1. The van der Waals surface area contributed by atoms with Gasteiger partial charge in [-0.15, -0.1) is 0 Å². The van der Waals surface area contributed by atoms with Gasteiger partial charge in [-0.05, 0) is 44.5 Å². The number of nitrogens with zero attached hydrogens (tertiary/aromatic N) is 2. The highest BCUT2D eigenvalue weighted by atomic mass is 16.3. The van der Waals surface area contributed by atoms with Gasteiger partial charge in [0.25, 0.3) is 0 Å². The molecule has 5 nitrogen and oxygen atoms in total. The Morgan fingerprint density at radius 3 is 2.59 bits per heavy atom. The molecule has 1 aliphatic rings. The predicted octanol–water partition coefficient (Wildman–Crippen LogP) is 0.849. The standard InChI is InChI=1S/C17H27N3O2/c1-19(13-17(18)22)11-14-7-9-20(10-8-14)12-16(21)15-5-3-2-4-6-15/h2-6,14,16,21H,7-13H2,1H3,(H2,18,22)/t16-/m1/s1. The summed E-state index contributed by atoms with van der Waals surface area (Å²) in [6.45, 7) is 3.93. The number of carbonyl (C=O) groups is 1. The number of aliphatic hydroxyl groups excluding tert-OH is 1. The number of hydrogen-bond acceptors (Lipinski definition) is 4. The van der Waals surface area contributed by atoms with Crippen molar-refractivity contribution in [3.8, 4) is 0 Å². The number of piperidine rings is 1. The topological polar surface area (TPSA) is 69.8 Å². The number of β-amino-alcohol motifs (C(OH)–C–C–N with tert-alkyl or cyclic N) is 1. The second kappa shape index (κ2) is 8.27. The van der Waals surface area contributed by atoms with Crippen molar-refractivity contribution in [3.05, 3.63) is 35.9 Å². The fraction of sp³-hybridized carbons (Fsp3) is 0.588. The number of nitrogens with two attached hydrogens (primary N) is 1. The Bertz CT molecular complexity index is 458. The molecule has 2 rings (SSSR count). The summed E-state index contributed by atoms with van der Waals surface area (Å²) in [4.78, 5) is 15.2. The van der Waals surface area contributed by atoms with E-state index in [0.717, 1.165) is 38.0 Å². The first kappa shape index (κ1) is 16.9. The van der Waals surface area contributed by atoms with Crippen LogP contribution in [0.25, 0.3) is 0 Å². The van der Waals surface area contributed by atoms with Crippen LogP contribution in [0.4, 0.5) is 0 Å². The predicted molar refractivity (Wildman–Crippen MR) is 87.3 cm³/mol. The largest absolute Gasteiger partial charge is 0.387 e. The van der Waals surface area contributed by atoms with E-state index in [-0.39, 0.29) is 5.91 Å². The molecular formula is C17H27N3O2.